The van der Waals surface area contributed by atoms with Gasteiger partial charge in [-0.25, -0.2) is 24.0 Å². The van der Waals surface area contributed by atoms with E-state index >= 15 is 0 Å². The van der Waals surface area contributed by atoms with Crippen LogP contribution in [0.25, 0.3) is 0 Å². The number of amides is 10. The Bertz CT molecular complexity index is 3840. The Hall–Kier alpha value is -8.19. The lowest BCUT2D eigenvalue weighted by Gasteiger charge is -2.31. The van der Waals surface area contributed by atoms with Crippen molar-refractivity contribution in [1.82, 2.24) is 116 Å². The summed E-state index contributed by atoms with van der Waals surface area (Å²) in [5.41, 5.74) is 17.5. The van der Waals surface area contributed by atoms with E-state index in [-0.39, 0.29) is 78.4 Å². The molecule has 5 aromatic rings. The first kappa shape index (κ1) is 69.2. The third-order valence-corrected chi connectivity index (χ3v) is 24.8. The highest BCUT2D eigenvalue weighted by Gasteiger charge is 2.51. The molecule has 12 saturated heterocycles. The summed E-state index contributed by atoms with van der Waals surface area (Å²) in [5.74, 6) is 8.08. The van der Waals surface area contributed by atoms with Crippen molar-refractivity contribution < 1.29 is 46.1 Å². The number of likely N-dealkylation sites (N-methyl/N-ethyl adjacent to an activating group) is 5. The smallest absolute Gasteiger partial charge is 0.320 e. The molecule has 10 amide bonds. The molecule has 9 N–H and O–H groups in total. The highest BCUT2D eigenvalue weighted by molar-refractivity contribution is 5.80. The van der Waals surface area contributed by atoms with E-state index in [1.165, 1.54) is 0 Å². The average molecular weight is 1430 g/mol. The van der Waals surface area contributed by atoms with Gasteiger partial charge in [0.2, 0.25) is 58.9 Å². The second-order valence-electron chi connectivity index (χ2n) is 31.5. The van der Waals surface area contributed by atoms with Crippen LogP contribution in [0.4, 0.5) is 24.0 Å². The summed E-state index contributed by atoms with van der Waals surface area (Å²) in [4.78, 5) is 79.4. The highest BCUT2D eigenvalue weighted by atomic mass is 16.4. The zero-order chi connectivity index (χ0) is 71.1. The Balaban J connectivity index is 0.0000000994. The second-order valence-corrected chi connectivity index (χ2v) is 31.5. The number of rotatable bonds is 14. The van der Waals surface area contributed by atoms with Gasteiger partial charge in [-0.2, -0.15) is 0 Å². The molecule has 15 fully saturated rings. The van der Waals surface area contributed by atoms with Gasteiger partial charge in [-0.3, -0.25) is 0 Å². The molecule has 17 heterocycles. The Labute approximate surface area is 596 Å². The molecule has 558 valence electrons. The van der Waals surface area contributed by atoms with Gasteiger partial charge in [0.05, 0.1) is 36.8 Å². The number of piperidine rings is 5. The first-order chi connectivity index (χ1) is 49.8. The van der Waals surface area contributed by atoms with Crippen LogP contribution in [0.2, 0.25) is 0 Å². The summed E-state index contributed by atoms with van der Waals surface area (Å²) in [6.45, 7) is 8.47. The van der Waals surface area contributed by atoms with Crippen molar-refractivity contribution in [3.05, 3.63) is 58.9 Å². The molecule has 12 atom stereocenters. The number of hydrogen-bond donors (Lipinski definition) is 6. The van der Waals surface area contributed by atoms with E-state index < -0.39 is 0 Å². The fourth-order valence-corrected chi connectivity index (χ4v) is 17.7. The number of nitrogens with zero attached hydrogens (tertiary/aromatic N) is 20. The van der Waals surface area contributed by atoms with Crippen LogP contribution < -0.4 is 33.2 Å². The van der Waals surface area contributed by atoms with E-state index in [4.69, 9.17) is 39.3 Å². The van der Waals surface area contributed by atoms with Crippen LogP contribution in [0.5, 0.6) is 0 Å². The summed E-state index contributed by atoms with van der Waals surface area (Å²) in [5, 5.41) is 51.5. The quantitative estimate of drug-likeness (QED) is 0.0930. The standard InChI is InChI=1S/2C14H21N5O2.C13H20N6O2.2C13H19N5O2/c1-18-10-2-3-11(19(7-10)14(18)20)13-17-16-12(21-13)6-8-4-9(15)5-8;1-18-10-4-5-11(19(7-10)14(18)20)13-17-16-12(21-13)8-2-3-9(15)6-8;1-18-9-2-3-10(19(7-9)13(18)20)12-17-16-11(21-12)6-15-8-4-14-5-8;1-17-9-2-3-10(18(7-9)13(17)19)12-16-15-11(20-12)4-8-5-14-6-8;1-17-9-2-3-10(18(6-9)13(17)19)12-16-15-11(20-12)7-4-8(14)5-7/h2*8-11H,2-7,15H2,1H3;8-10,14-15H,2-7H2,1H3;8-10,14H,2-7H2,1H3;7-10H,2-6,14H2,1H3/t8?,9?,10-,11+;8?,9-,10-,11+;2*9-,10+;7?,8?,9-,10+/m11111/s1. The van der Waals surface area contributed by atoms with E-state index in [2.05, 4.69) is 66.9 Å². The molecule has 36 heteroatoms. The van der Waals surface area contributed by atoms with Gasteiger partial charge in [-0.1, -0.05) is 0 Å². The molecule has 1 unspecified atom stereocenters. The second kappa shape index (κ2) is 28.7. The van der Waals surface area contributed by atoms with Crippen molar-refractivity contribution in [3.8, 4) is 0 Å². The van der Waals surface area contributed by atoms with Crippen LogP contribution in [0.3, 0.4) is 0 Å². The number of fused-ring (bicyclic) bond motifs is 10. The third kappa shape index (κ3) is 13.7. The lowest BCUT2D eigenvalue weighted by molar-refractivity contribution is 0.163. The van der Waals surface area contributed by atoms with E-state index in [1.807, 2.05) is 84.2 Å². The molecule has 15 aliphatic rings. The van der Waals surface area contributed by atoms with Crippen molar-refractivity contribution >= 4 is 30.2 Å². The van der Waals surface area contributed by atoms with Gasteiger partial charge < -0.3 is 104 Å². The molecule has 12 aliphatic heterocycles. The van der Waals surface area contributed by atoms with Crippen LogP contribution in [0, 0.1) is 11.8 Å². The molecule has 0 radical (unpaired) electrons. The maximum atomic E-state index is 12.2. The van der Waals surface area contributed by atoms with Crippen molar-refractivity contribution in [2.45, 2.75) is 225 Å². The number of urea groups is 5. The van der Waals surface area contributed by atoms with Crippen LogP contribution in [-0.4, -0.2) is 279 Å². The molecule has 0 spiro atoms. The predicted octanol–water partition coefficient (Wildman–Crippen LogP) is 3.11. The monoisotopic (exact) mass is 1430 g/mol. The maximum Gasteiger partial charge on any atom is 0.320 e. The first-order valence-electron chi connectivity index (χ1n) is 37.5. The third-order valence-electron chi connectivity index (χ3n) is 24.8. The van der Waals surface area contributed by atoms with Crippen molar-refractivity contribution in [3.63, 3.8) is 0 Å². The molecule has 10 bridgehead atoms. The molecule has 0 aromatic carbocycles. The highest BCUT2D eigenvalue weighted by Crippen LogP contribution is 2.44. The number of nitrogens with one attached hydrogen (secondary N) is 3. The summed E-state index contributed by atoms with van der Waals surface area (Å²) >= 11 is 0. The summed E-state index contributed by atoms with van der Waals surface area (Å²) < 4.78 is 29.1. The fraction of sp³-hybridized carbons (Fsp3) is 0.776. The zero-order valence-corrected chi connectivity index (χ0v) is 59.7. The Morgan fingerprint density at radius 3 is 1.01 bits per heavy atom. The van der Waals surface area contributed by atoms with Crippen LogP contribution >= 0.6 is 0 Å². The van der Waals surface area contributed by atoms with Gasteiger partial charge in [0.15, 0.2) is 0 Å². The zero-order valence-electron chi connectivity index (χ0n) is 59.7. The molecule has 103 heavy (non-hydrogen) atoms. The van der Waals surface area contributed by atoms with Gasteiger partial charge in [0.25, 0.3) is 0 Å². The van der Waals surface area contributed by atoms with Crippen molar-refractivity contribution in [1.29, 1.82) is 0 Å². The number of aromatic nitrogens is 10. The molecule has 3 saturated carbocycles. The Kier molecular flexibility index (Phi) is 19.3. The van der Waals surface area contributed by atoms with E-state index in [9.17, 15) is 24.0 Å². The lowest BCUT2D eigenvalue weighted by atomic mass is 9.79. The maximum absolute atomic E-state index is 12.2. The number of carbonyl (C=O) groups excluding carboxylic acids is 5. The van der Waals surface area contributed by atoms with E-state index in [0.29, 0.717) is 125 Å². The van der Waals surface area contributed by atoms with Crippen LogP contribution in [0.1, 0.15) is 210 Å². The minimum absolute atomic E-state index is 0.0375. The molecule has 5 aromatic heterocycles. The topological polar surface area (TPSA) is 426 Å². The predicted molar refractivity (Wildman–Crippen MR) is 362 cm³/mol. The van der Waals surface area contributed by atoms with Crippen molar-refractivity contribution in [2.75, 3.05) is 94.1 Å². The van der Waals surface area contributed by atoms with E-state index in [0.717, 1.165) is 181 Å². The molecular weight excluding hydrogens is 1330 g/mol. The minimum atomic E-state index is -0.0645. The van der Waals surface area contributed by atoms with Gasteiger partial charge in [-0.05, 0) is 134 Å². The first-order valence-corrected chi connectivity index (χ1v) is 37.5. The summed E-state index contributed by atoms with van der Waals surface area (Å²) in [6, 6.07) is 3.14. The van der Waals surface area contributed by atoms with E-state index in [1.54, 1.807) is 0 Å². The lowest BCUT2D eigenvalue weighted by Crippen LogP contribution is -2.55. The largest absolute Gasteiger partial charge is 0.423 e. The summed E-state index contributed by atoms with van der Waals surface area (Å²) in [7, 11) is 9.34. The summed E-state index contributed by atoms with van der Waals surface area (Å²) in [6.07, 6.45) is 18.0. The number of carbonyl (C=O) groups is 5. The fourth-order valence-electron chi connectivity index (χ4n) is 17.7. The van der Waals surface area contributed by atoms with Crippen LogP contribution in [0.15, 0.2) is 22.1 Å². The van der Waals surface area contributed by atoms with Gasteiger partial charge in [0.1, 0.15) is 30.2 Å². The molecule has 3 aliphatic carbocycles. The normalized spacial score (nSPS) is 33.3. The Morgan fingerprint density at radius 1 is 0.350 bits per heavy atom. The molecular formula is C67H100N26O10. The number of nitrogens with two attached hydrogens (primary N) is 3. The van der Waals surface area contributed by atoms with Gasteiger partial charge in [-0.15, -0.1) is 51.0 Å². The number of hydrogen-bond acceptors (Lipinski definition) is 26. The SMILES string of the molecule is CN1C(=O)N2C[C@H]1CC[C@H]2c1nnc(C2CC(N)C2)o1.CN1C(=O)N2C[C@H]1CC[C@H]2c1nnc(C2CC[C@@H](N)C2)o1.CN1C(=O)N2C[C@H]1CC[C@H]2c1nnc(CC2CC(N)C2)o1.CN1C(=O)N2C[C@H]1CC[C@H]2c1nnc(CC2CNC2)o1.CN1C(=O)N2C[C@H]1CC[C@H]2c1nnc(CNC2CNC2)o1. The Morgan fingerprint density at radius 2 is 0.670 bits per heavy atom. The molecule has 36 nitrogen and oxygen atoms in total. The minimum Gasteiger partial charge on any atom is -0.423 e. The van der Waals surface area contributed by atoms with Gasteiger partial charge in [0, 0.05) is 130 Å². The van der Waals surface area contributed by atoms with Crippen LogP contribution in [-0.2, 0) is 19.4 Å². The van der Waals surface area contributed by atoms with Crippen molar-refractivity contribution in [2.24, 2.45) is 29.0 Å². The van der Waals surface area contributed by atoms with Gasteiger partial charge >= 0.3 is 30.2 Å². The molecule has 20 rings (SSSR count). The average Bonchev–Trinajstić information content (AvgIpc) is 1.65.